The fourth-order valence-corrected chi connectivity index (χ4v) is 2.62. The number of nitrogens with one attached hydrogen (secondary N) is 2. The highest BCUT2D eigenvalue weighted by atomic mass is 19.2. The normalized spacial score (nSPS) is 12.4. The van der Waals surface area contributed by atoms with Crippen molar-refractivity contribution in [1.82, 2.24) is 20.6 Å². The molecule has 2 heterocycles. The Balaban J connectivity index is 0.00000166. The van der Waals surface area contributed by atoms with Crippen LogP contribution in [0.3, 0.4) is 0 Å². The minimum absolute atomic E-state index is 0.0805. The molecule has 0 saturated heterocycles. The van der Waals surface area contributed by atoms with E-state index in [1.165, 1.54) is 12.2 Å². The molecule has 0 amide bonds. The molecule has 31 heavy (non-hydrogen) atoms. The summed E-state index contributed by atoms with van der Waals surface area (Å²) in [6.45, 7) is 6.84. The molecule has 0 aliphatic rings. The molecule has 7 nitrogen and oxygen atoms in total. The summed E-state index contributed by atoms with van der Waals surface area (Å²) in [4.78, 5) is 8.16. The minimum Gasteiger partial charge on any atom is -0.383 e. The first-order valence-electron chi connectivity index (χ1n) is 9.57. The van der Waals surface area contributed by atoms with Crippen LogP contribution in [0.1, 0.15) is 19.4 Å². The van der Waals surface area contributed by atoms with Gasteiger partial charge in [-0.25, -0.2) is 19.6 Å². The van der Waals surface area contributed by atoms with Crippen LogP contribution in [0.2, 0.25) is 0 Å². The van der Waals surface area contributed by atoms with Gasteiger partial charge in [0, 0.05) is 17.1 Å². The van der Waals surface area contributed by atoms with Crippen LogP contribution in [0.5, 0.6) is 0 Å². The van der Waals surface area contributed by atoms with Crippen molar-refractivity contribution in [3.8, 4) is 11.1 Å². The van der Waals surface area contributed by atoms with Crippen molar-refractivity contribution >= 4 is 22.6 Å². The van der Waals surface area contributed by atoms with Crippen molar-refractivity contribution in [3.63, 3.8) is 0 Å². The summed E-state index contributed by atoms with van der Waals surface area (Å²) in [5, 5.41) is 7.81. The SMILES string of the molecule is C=C/C=C\C(F)=C(\F)CN=C(NN)c1cc(-c2ccc3[nH]ncc3c2)cnc1N.CC. The Morgan fingerprint density at radius 1 is 1.23 bits per heavy atom. The summed E-state index contributed by atoms with van der Waals surface area (Å²) >= 11 is 0. The highest BCUT2D eigenvalue weighted by Crippen LogP contribution is 2.25. The van der Waals surface area contributed by atoms with Crippen LogP contribution in [0.15, 0.2) is 78.1 Å². The first-order chi connectivity index (χ1) is 15.0. The van der Waals surface area contributed by atoms with Gasteiger partial charge in [-0.1, -0.05) is 38.6 Å². The number of hydrazine groups is 1. The fourth-order valence-electron chi connectivity index (χ4n) is 2.62. The largest absolute Gasteiger partial charge is 0.383 e. The molecule has 0 bridgehead atoms. The Bertz CT molecular complexity index is 1130. The Morgan fingerprint density at radius 2 is 2.00 bits per heavy atom. The van der Waals surface area contributed by atoms with Crippen LogP contribution in [0.4, 0.5) is 14.6 Å². The van der Waals surface area contributed by atoms with Crippen LogP contribution in [-0.2, 0) is 0 Å². The molecule has 0 fully saturated rings. The number of H-pyrrole nitrogens is 1. The number of rotatable bonds is 6. The maximum atomic E-state index is 13.9. The van der Waals surface area contributed by atoms with Gasteiger partial charge in [-0.05, 0) is 29.8 Å². The molecule has 0 radical (unpaired) electrons. The van der Waals surface area contributed by atoms with Crippen molar-refractivity contribution in [2.24, 2.45) is 10.8 Å². The van der Waals surface area contributed by atoms with Crippen LogP contribution in [0, 0.1) is 0 Å². The third-order valence-electron chi connectivity index (χ3n) is 4.10. The number of aromatic amines is 1. The van der Waals surface area contributed by atoms with E-state index in [9.17, 15) is 8.78 Å². The molecule has 0 spiro atoms. The van der Waals surface area contributed by atoms with E-state index >= 15 is 0 Å². The quantitative estimate of drug-likeness (QED) is 0.154. The second kappa shape index (κ2) is 11.4. The average molecular weight is 425 g/mol. The minimum atomic E-state index is -1.05. The summed E-state index contributed by atoms with van der Waals surface area (Å²) in [5.74, 6) is 3.66. The van der Waals surface area contributed by atoms with Crippen LogP contribution >= 0.6 is 0 Å². The number of allylic oxidation sites excluding steroid dienone is 4. The van der Waals surface area contributed by atoms with E-state index in [4.69, 9.17) is 11.6 Å². The smallest absolute Gasteiger partial charge is 0.157 e. The molecule has 0 aliphatic carbocycles. The summed E-state index contributed by atoms with van der Waals surface area (Å²) in [7, 11) is 0. The van der Waals surface area contributed by atoms with Crippen LogP contribution < -0.4 is 17.0 Å². The zero-order chi connectivity index (χ0) is 22.8. The number of anilines is 1. The molecule has 162 valence electrons. The Hall–Kier alpha value is -3.85. The number of amidine groups is 1. The first-order valence-corrected chi connectivity index (χ1v) is 9.57. The molecule has 2 aromatic heterocycles. The monoisotopic (exact) mass is 425 g/mol. The van der Waals surface area contributed by atoms with Gasteiger partial charge in [0.05, 0.1) is 23.8 Å². The summed E-state index contributed by atoms with van der Waals surface area (Å²) in [5.41, 5.74) is 11.2. The molecule has 6 N–H and O–H groups in total. The van der Waals surface area contributed by atoms with Gasteiger partial charge in [0.1, 0.15) is 11.7 Å². The number of aromatic nitrogens is 3. The number of halogens is 2. The third kappa shape index (κ3) is 5.83. The predicted octanol–water partition coefficient (Wildman–Crippen LogP) is 4.34. The van der Waals surface area contributed by atoms with Gasteiger partial charge in [0.15, 0.2) is 11.7 Å². The molecular weight excluding hydrogens is 400 g/mol. The van der Waals surface area contributed by atoms with E-state index in [-0.39, 0.29) is 11.7 Å². The number of benzene rings is 1. The topological polar surface area (TPSA) is 118 Å². The molecule has 0 saturated carbocycles. The standard InChI is InChI=1S/C20H19F2N7.C2H6/c1-2-3-4-16(21)17(22)11-26-20(28-24)15-8-13(9-25-19(15)23)12-5-6-18-14(7-12)10-27-29-18;1-2/h2-10H,1,11,24H2,(H2,23,25)(H,26,28)(H,27,29);1-2H3/b4-3-,17-16-;. The van der Waals surface area contributed by atoms with Gasteiger partial charge in [-0.2, -0.15) is 5.10 Å². The van der Waals surface area contributed by atoms with Gasteiger partial charge in [0.25, 0.3) is 0 Å². The van der Waals surface area contributed by atoms with E-state index in [0.29, 0.717) is 5.56 Å². The Kier molecular flexibility index (Phi) is 8.59. The van der Waals surface area contributed by atoms with Crippen LogP contribution in [0.25, 0.3) is 22.0 Å². The number of nitrogens with zero attached hydrogens (tertiary/aromatic N) is 3. The zero-order valence-corrected chi connectivity index (χ0v) is 17.4. The van der Waals surface area contributed by atoms with Crippen molar-refractivity contribution in [2.75, 3.05) is 12.3 Å². The number of aliphatic imine (C=N–C) groups is 1. The molecule has 3 aromatic rings. The number of hydrogen-bond donors (Lipinski definition) is 4. The maximum Gasteiger partial charge on any atom is 0.157 e. The number of hydrogen-bond acceptors (Lipinski definition) is 5. The Morgan fingerprint density at radius 3 is 2.71 bits per heavy atom. The lowest BCUT2D eigenvalue weighted by molar-refractivity contribution is 0.542. The third-order valence-corrected chi connectivity index (χ3v) is 4.10. The van der Waals surface area contributed by atoms with Crippen molar-refractivity contribution in [2.45, 2.75) is 13.8 Å². The first kappa shape index (κ1) is 23.4. The number of pyridine rings is 1. The van der Waals surface area contributed by atoms with Crippen molar-refractivity contribution in [3.05, 3.63) is 78.7 Å². The fraction of sp³-hybridized carbons (Fsp3) is 0.136. The molecule has 0 aliphatic heterocycles. The summed E-state index contributed by atoms with van der Waals surface area (Å²) in [6, 6.07) is 7.45. The molecular formula is C22H25F2N7. The lowest BCUT2D eigenvalue weighted by Gasteiger charge is -2.11. The summed E-state index contributed by atoms with van der Waals surface area (Å²) in [6.07, 6.45) is 6.89. The number of fused-ring (bicyclic) bond motifs is 1. The highest BCUT2D eigenvalue weighted by Gasteiger charge is 2.12. The summed E-state index contributed by atoms with van der Waals surface area (Å²) < 4.78 is 27.5. The molecule has 0 unspecified atom stereocenters. The maximum absolute atomic E-state index is 13.9. The average Bonchev–Trinajstić information content (AvgIpc) is 3.28. The van der Waals surface area contributed by atoms with Gasteiger partial charge in [-0.15, -0.1) is 0 Å². The van der Waals surface area contributed by atoms with E-state index in [0.717, 1.165) is 28.1 Å². The second-order valence-corrected chi connectivity index (χ2v) is 5.99. The lowest BCUT2D eigenvalue weighted by Crippen LogP contribution is -2.32. The number of nitrogens with two attached hydrogens (primary N) is 2. The lowest BCUT2D eigenvalue weighted by atomic mass is 10.0. The van der Waals surface area contributed by atoms with Gasteiger partial charge >= 0.3 is 0 Å². The second-order valence-electron chi connectivity index (χ2n) is 5.99. The highest BCUT2D eigenvalue weighted by molar-refractivity contribution is 6.03. The zero-order valence-electron chi connectivity index (χ0n) is 17.4. The van der Waals surface area contributed by atoms with Crippen LogP contribution in [-0.4, -0.2) is 27.6 Å². The molecule has 1 aromatic carbocycles. The van der Waals surface area contributed by atoms with Gasteiger partial charge < -0.3 is 11.2 Å². The molecule has 0 atom stereocenters. The van der Waals surface area contributed by atoms with Crippen molar-refractivity contribution < 1.29 is 8.78 Å². The van der Waals surface area contributed by atoms with Gasteiger partial charge in [-0.3, -0.25) is 10.1 Å². The van der Waals surface area contributed by atoms with Crippen molar-refractivity contribution in [1.29, 1.82) is 0 Å². The van der Waals surface area contributed by atoms with E-state index in [1.807, 2.05) is 32.0 Å². The predicted molar refractivity (Wildman–Crippen MR) is 122 cm³/mol. The Labute approximate surface area is 179 Å². The van der Waals surface area contributed by atoms with E-state index < -0.39 is 18.2 Å². The van der Waals surface area contributed by atoms with E-state index in [1.54, 1.807) is 18.5 Å². The number of nitrogen functional groups attached to an aromatic ring is 1. The van der Waals surface area contributed by atoms with E-state index in [2.05, 4.69) is 32.2 Å². The molecule has 9 heteroatoms. The molecule has 3 rings (SSSR count). The van der Waals surface area contributed by atoms with Gasteiger partial charge in [0.2, 0.25) is 0 Å².